The lowest BCUT2D eigenvalue weighted by Crippen LogP contribution is -2.21. The van der Waals surface area contributed by atoms with Crippen molar-refractivity contribution in [2.75, 3.05) is 14.2 Å². The molecule has 0 N–H and O–H groups in total. The van der Waals surface area contributed by atoms with E-state index < -0.39 is 0 Å². The first-order chi connectivity index (χ1) is 5.67. The Balaban J connectivity index is 4.46. The molecule has 70 valence electrons. The molecule has 0 aromatic carbocycles. The van der Waals surface area contributed by atoms with E-state index in [4.69, 9.17) is 4.74 Å². The van der Waals surface area contributed by atoms with Crippen LogP contribution < -0.4 is 0 Å². The third kappa shape index (κ3) is 3.18. The van der Waals surface area contributed by atoms with Crippen LogP contribution in [-0.4, -0.2) is 26.5 Å². The molecule has 1 unspecified atom stereocenters. The van der Waals surface area contributed by atoms with E-state index in [0.29, 0.717) is 5.92 Å². The molecule has 1 atom stereocenters. The molecule has 0 radical (unpaired) electrons. The standard InChI is InChI=1S/C10H19NO/c1-6-9(7-11-4)10(12-5)8(2)3/h6-8,10H,1-5H3/b9-6+,11-7?. The molecule has 0 rings (SSSR count). The second-order valence-electron chi connectivity index (χ2n) is 3.08. The van der Waals surface area contributed by atoms with Crippen LogP contribution in [0.5, 0.6) is 0 Å². The summed E-state index contributed by atoms with van der Waals surface area (Å²) in [5.41, 5.74) is 1.15. The molecule has 0 spiro atoms. The van der Waals surface area contributed by atoms with Crippen molar-refractivity contribution in [2.45, 2.75) is 26.9 Å². The summed E-state index contributed by atoms with van der Waals surface area (Å²) in [6.07, 6.45) is 4.06. The van der Waals surface area contributed by atoms with E-state index in [9.17, 15) is 0 Å². The Morgan fingerprint density at radius 1 is 1.42 bits per heavy atom. The van der Waals surface area contributed by atoms with E-state index in [1.165, 1.54) is 0 Å². The molecule has 0 amide bonds. The van der Waals surface area contributed by atoms with Crippen LogP contribution in [0.3, 0.4) is 0 Å². The highest BCUT2D eigenvalue weighted by Gasteiger charge is 2.14. The summed E-state index contributed by atoms with van der Waals surface area (Å²) in [5.74, 6) is 0.485. The summed E-state index contributed by atoms with van der Waals surface area (Å²) in [5, 5.41) is 0. The van der Waals surface area contributed by atoms with Gasteiger partial charge in [0.15, 0.2) is 0 Å². The molecule has 0 bridgehead atoms. The highest BCUT2D eigenvalue weighted by molar-refractivity contribution is 5.79. The molecule has 0 heterocycles. The van der Waals surface area contributed by atoms with Crippen molar-refractivity contribution in [3.05, 3.63) is 11.6 Å². The quantitative estimate of drug-likeness (QED) is 0.592. The van der Waals surface area contributed by atoms with E-state index >= 15 is 0 Å². The third-order valence-electron chi connectivity index (χ3n) is 1.80. The fourth-order valence-corrected chi connectivity index (χ4v) is 1.25. The van der Waals surface area contributed by atoms with Gasteiger partial charge in [-0.25, -0.2) is 0 Å². The van der Waals surface area contributed by atoms with Crippen LogP contribution in [-0.2, 0) is 4.74 Å². The molecule has 0 aliphatic heterocycles. The van der Waals surface area contributed by atoms with Crippen LogP contribution in [0.2, 0.25) is 0 Å². The number of methoxy groups -OCH3 is 1. The smallest absolute Gasteiger partial charge is 0.0855 e. The Bertz CT molecular complexity index is 171. The van der Waals surface area contributed by atoms with Gasteiger partial charge in [-0.05, 0) is 18.4 Å². The van der Waals surface area contributed by atoms with Crippen LogP contribution in [0.1, 0.15) is 20.8 Å². The highest BCUT2D eigenvalue weighted by Crippen LogP contribution is 2.13. The summed E-state index contributed by atoms with van der Waals surface area (Å²) < 4.78 is 5.36. The van der Waals surface area contributed by atoms with Crippen molar-refractivity contribution < 1.29 is 4.74 Å². The third-order valence-corrected chi connectivity index (χ3v) is 1.80. The number of hydrogen-bond acceptors (Lipinski definition) is 2. The first-order valence-electron chi connectivity index (χ1n) is 4.28. The minimum Gasteiger partial charge on any atom is -0.376 e. The number of hydrogen-bond donors (Lipinski definition) is 0. The van der Waals surface area contributed by atoms with E-state index in [0.717, 1.165) is 5.57 Å². The molecule has 2 nitrogen and oxygen atoms in total. The monoisotopic (exact) mass is 169 g/mol. The molecule has 0 saturated heterocycles. The molecular formula is C10H19NO. The maximum atomic E-state index is 5.36. The van der Waals surface area contributed by atoms with Crippen LogP contribution >= 0.6 is 0 Å². The van der Waals surface area contributed by atoms with E-state index in [-0.39, 0.29) is 6.10 Å². The lowest BCUT2D eigenvalue weighted by atomic mass is 9.99. The Morgan fingerprint density at radius 2 is 2.00 bits per heavy atom. The van der Waals surface area contributed by atoms with Gasteiger partial charge in [-0.2, -0.15) is 0 Å². The van der Waals surface area contributed by atoms with Gasteiger partial charge in [-0.1, -0.05) is 19.9 Å². The zero-order valence-electron chi connectivity index (χ0n) is 8.66. The predicted octanol–water partition coefficient (Wildman–Crippen LogP) is 2.30. The maximum Gasteiger partial charge on any atom is 0.0855 e. The van der Waals surface area contributed by atoms with Gasteiger partial charge in [0.2, 0.25) is 0 Å². The second-order valence-corrected chi connectivity index (χ2v) is 3.08. The van der Waals surface area contributed by atoms with Gasteiger partial charge in [0.05, 0.1) is 6.10 Å². The fraction of sp³-hybridized carbons (Fsp3) is 0.700. The molecular weight excluding hydrogens is 150 g/mol. The summed E-state index contributed by atoms with van der Waals surface area (Å²) in [4.78, 5) is 3.98. The molecule has 0 aromatic heterocycles. The average molecular weight is 169 g/mol. The van der Waals surface area contributed by atoms with Crippen molar-refractivity contribution >= 4 is 6.21 Å². The SMILES string of the molecule is C/C=C(\C=NC)C(OC)C(C)C. The van der Waals surface area contributed by atoms with Crippen LogP contribution in [0.4, 0.5) is 0 Å². The highest BCUT2D eigenvalue weighted by atomic mass is 16.5. The maximum absolute atomic E-state index is 5.36. The number of allylic oxidation sites excluding steroid dienone is 1. The Morgan fingerprint density at radius 3 is 2.25 bits per heavy atom. The first-order valence-corrected chi connectivity index (χ1v) is 4.28. The van der Waals surface area contributed by atoms with Crippen molar-refractivity contribution in [1.29, 1.82) is 0 Å². The van der Waals surface area contributed by atoms with Crippen LogP contribution in [0, 0.1) is 5.92 Å². The van der Waals surface area contributed by atoms with Gasteiger partial charge in [-0.3, -0.25) is 4.99 Å². The number of aliphatic imine (C=N–C) groups is 1. The second kappa shape index (κ2) is 5.95. The summed E-state index contributed by atoms with van der Waals surface area (Å²) in [6, 6.07) is 0. The van der Waals surface area contributed by atoms with Crippen molar-refractivity contribution in [3.63, 3.8) is 0 Å². The van der Waals surface area contributed by atoms with Crippen LogP contribution in [0.15, 0.2) is 16.6 Å². The minimum atomic E-state index is 0.165. The largest absolute Gasteiger partial charge is 0.376 e. The number of nitrogens with zero attached hydrogens (tertiary/aromatic N) is 1. The van der Waals surface area contributed by atoms with E-state index in [2.05, 4.69) is 18.8 Å². The zero-order valence-corrected chi connectivity index (χ0v) is 8.66. The van der Waals surface area contributed by atoms with E-state index in [1.807, 2.05) is 19.2 Å². The average Bonchev–Trinajstić information content (AvgIpc) is 2.03. The van der Waals surface area contributed by atoms with Gasteiger partial charge in [0.25, 0.3) is 0 Å². The Hall–Kier alpha value is -0.630. The summed E-state index contributed by atoms with van der Waals surface area (Å²) in [6.45, 7) is 6.29. The molecule has 0 aromatic rings. The zero-order chi connectivity index (χ0) is 9.56. The van der Waals surface area contributed by atoms with E-state index in [1.54, 1.807) is 14.2 Å². The lowest BCUT2D eigenvalue weighted by Gasteiger charge is -2.19. The molecule has 0 aliphatic carbocycles. The van der Waals surface area contributed by atoms with Gasteiger partial charge in [-0.15, -0.1) is 0 Å². The topological polar surface area (TPSA) is 21.6 Å². The molecule has 0 aliphatic rings. The molecule has 12 heavy (non-hydrogen) atoms. The number of rotatable bonds is 4. The van der Waals surface area contributed by atoms with Gasteiger partial charge in [0, 0.05) is 20.4 Å². The predicted molar refractivity (Wildman–Crippen MR) is 53.8 cm³/mol. The molecule has 2 heteroatoms. The minimum absolute atomic E-state index is 0.165. The molecule has 0 fully saturated rings. The van der Waals surface area contributed by atoms with Crippen LogP contribution in [0.25, 0.3) is 0 Å². The normalized spacial score (nSPS) is 16.0. The van der Waals surface area contributed by atoms with Gasteiger partial charge in [0.1, 0.15) is 0 Å². The van der Waals surface area contributed by atoms with Crippen molar-refractivity contribution in [3.8, 4) is 0 Å². The van der Waals surface area contributed by atoms with Crippen molar-refractivity contribution in [1.82, 2.24) is 0 Å². The first kappa shape index (κ1) is 11.4. The van der Waals surface area contributed by atoms with Gasteiger partial charge < -0.3 is 4.74 Å². The van der Waals surface area contributed by atoms with Crippen molar-refractivity contribution in [2.24, 2.45) is 10.9 Å². The summed E-state index contributed by atoms with van der Waals surface area (Å²) >= 11 is 0. The Kier molecular flexibility index (Phi) is 5.64. The molecule has 0 saturated carbocycles. The summed E-state index contributed by atoms with van der Waals surface area (Å²) in [7, 11) is 3.51. The number of ether oxygens (including phenoxy) is 1. The lowest BCUT2D eigenvalue weighted by molar-refractivity contribution is 0.0987. The fourth-order valence-electron chi connectivity index (χ4n) is 1.25. The Labute approximate surface area is 75.3 Å². The van der Waals surface area contributed by atoms with Gasteiger partial charge >= 0.3 is 0 Å².